The van der Waals surface area contributed by atoms with Crippen LogP contribution in [0.25, 0.3) is 0 Å². The molecule has 0 saturated carbocycles. The number of nitrogens with one attached hydrogen (secondary N) is 1. The van der Waals surface area contributed by atoms with Crippen molar-refractivity contribution < 1.29 is 13.2 Å². The van der Waals surface area contributed by atoms with Gasteiger partial charge >= 0.3 is 0 Å². The van der Waals surface area contributed by atoms with Crippen LogP contribution in [0.4, 0.5) is 13.2 Å². The van der Waals surface area contributed by atoms with Gasteiger partial charge in [-0.25, -0.2) is 13.2 Å². The Kier molecular flexibility index (Phi) is 3.19. The topological polar surface area (TPSA) is 12.0 Å². The number of rotatable bonds is 1. The SMILES string of the molecule is CC1CCC(c2cc(F)c(F)c(F)c2)CN1. The normalized spacial score (nSPS) is 25.8. The number of hydrogen-bond donors (Lipinski definition) is 1. The molecule has 1 fully saturated rings. The molecule has 4 heteroatoms. The van der Waals surface area contributed by atoms with Crippen molar-refractivity contribution in [3.63, 3.8) is 0 Å². The van der Waals surface area contributed by atoms with Crippen LogP contribution in [0.5, 0.6) is 0 Å². The molecule has 2 atom stereocenters. The number of halogens is 3. The zero-order valence-corrected chi connectivity index (χ0v) is 9.06. The van der Waals surface area contributed by atoms with E-state index in [4.69, 9.17) is 0 Å². The van der Waals surface area contributed by atoms with Crippen LogP contribution in [0.1, 0.15) is 31.2 Å². The standard InChI is InChI=1S/C12H14F3N/c1-7-2-3-8(6-16-7)9-4-10(13)12(15)11(14)5-9/h4-5,7-8,16H,2-3,6H2,1H3. The van der Waals surface area contributed by atoms with Crippen molar-refractivity contribution in [1.82, 2.24) is 5.32 Å². The molecule has 16 heavy (non-hydrogen) atoms. The van der Waals surface area contributed by atoms with E-state index in [1.165, 1.54) is 0 Å². The van der Waals surface area contributed by atoms with Gasteiger partial charge in [0, 0.05) is 12.6 Å². The van der Waals surface area contributed by atoms with Crippen molar-refractivity contribution in [2.75, 3.05) is 6.54 Å². The average Bonchev–Trinajstić information content (AvgIpc) is 2.26. The van der Waals surface area contributed by atoms with Gasteiger partial charge in [0.25, 0.3) is 0 Å². The first kappa shape index (κ1) is 11.5. The van der Waals surface area contributed by atoms with E-state index in [2.05, 4.69) is 12.2 Å². The molecule has 0 bridgehead atoms. The number of benzene rings is 1. The summed E-state index contributed by atoms with van der Waals surface area (Å²) in [5, 5.41) is 3.25. The molecule has 1 aromatic rings. The lowest BCUT2D eigenvalue weighted by Gasteiger charge is -2.28. The lowest BCUT2D eigenvalue weighted by molar-refractivity contribution is 0.380. The van der Waals surface area contributed by atoms with Gasteiger partial charge in [0.05, 0.1) is 0 Å². The molecule has 0 aliphatic carbocycles. The Morgan fingerprint density at radius 3 is 2.25 bits per heavy atom. The van der Waals surface area contributed by atoms with Gasteiger partial charge in [-0.05, 0) is 43.4 Å². The highest BCUT2D eigenvalue weighted by Crippen LogP contribution is 2.27. The molecule has 2 unspecified atom stereocenters. The van der Waals surface area contributed by atoms with E-state index in [0.29, 0.717) is 18.2 Å². The zero-order chi connectivity index (χ0) is 11.7. The third-order valence-corrected chi connectivity index (χ3v) is 3.14. The molecule has 0 aromatic heterocycles. The van der Waals surface area contributed by atoms with E-state index in [-0.39, 0.29) is 5.92 Å². The molecule has 2 rings (SSSR count). The Morgan fingerprint density at radius 2 is 1.75 bits per heavy atom. The maximum atomic E-state index is 13.0. The highest BCUT2D eigenvalue weighted by Gasteiger charge is 2.21. The summed E-state index contributed by atoms with van der Waals surface area (Å²) in [6.45, 7) is 2.76. The highest BCUT2D eigenvalue weighted by molar-refractivity contribution is 5.24. The number of piperidine rings is 1. The molecule has 1 aromatic carbocycles. The van der Waals surface area contributed by atoms with E-state index in [1.54, 1.807) is 0 Å². The van der Waals surface area contributed by atoms with Crippen molar-refractivity contribution in [3.05, 3.63) is 35.1 Å². The maximum Gasteiger partial charge on any atom is 0.194 e. The first-order valence-corrected chi connectivity index (χ1v) is 5.45. The van der Waals surface area contributed by atoms with Crippen LogP contribution in [-0.2, 0) is 0 Å². The lowest BCUT2D eigenvalue weighted by Crippen LogP contribution is -2.35. The van der Waals surface area contributed by atoms with E-state index in [1.807, 2.05) is 0 Å². The molecular formula is C12H14F3N. The van der Waals surface area contributed by atoms with Gasteiger partial charge < -0.3 is 5.32 Å². The fourth-order valence-corrected chi connectivity index (χ4v) is 2.09. The monoisotopic (exact) mass is 229 g/mol. The van der Waals surface area contributed by atoms with Crippen molar-refractivity contribution in [2.24, 2.45) is 0 Å². The molecule has 0 radical (unpaired) electrons. The fraction of sp³-hybridized carbons (Fsp3) is 0.500. The molecule has 1 N–H and O–H groups in total. The summed E-state index contributed by atoms with van der Waals surface area (Å²) in [5.41, 5.74) is 0.538. The molecule has 0 spiro atoms. The second kappa shape index (κ2) is 4.45. The summed E-state index contributed by atoms with van der Waals surface area (Å²) in [7, 11) is 0. The molecule has 1 heterocycles. The van der Waals surface area contributed by atoms with Crippen LogP contribution in [0, 0.1) is 17.5 Å². The van der Waals surface area contributed by atoms with Gasteiger partial charge in [-0.2, -0.15) is 0 Å². The highest BCUT2D eigenvalue weighted by atomic mass is 19.2. The Morgan fingerprint density at radius 1 is 1.12 bits per heavy atom. The smallest absolute Gasteiger partial charge is 0.194 e. The molecule has 1 aliphatic heterocycles. The van der Waals surface area contributed by atoms with Gasteiger partial charge in [-0.1, -0.05) is 0 Å². The molecule has 0 amide bonds. The quantitative estimate of drug-likeness (QED) is 0.730. The summed E-state index contributed by atoms with van der Waals surface area (Å²) in [6, 6.07) is 2.63. The Balaban J connectivity index is 2.21. The van der Waals surface area contributed by atoms with Crippen LogP contribution in [-0.4, -0.2) is 12.6 Å². The van der Waals surface area contributed by atoms with Gasteiger partial charge in [0.1, 0.15) is 0 Å². The van der Waals surface area contributed by atoms with E-state index in [0.717, 1.165) is 25.0 Å². The van der Waals surface area contributed by atoms with Crippen LogP contribution in [0.2, 0.25) is 0 Å². The van der Waals surface area contributed by atoms with Crippen molar-refractivity contribution in [1.29, 1.82) is 0 Å². The van der Waals surface area contributed by atoms with Gasteiger partial charge in [-0.15, -0.1) is 0 Å². The molecular weight excluding hydrogens is 215 g/mol. The third-order valence-electron chi connectivity index (χ3n) is 3.14. The predicted octanol–water partition coefficient (Wildman–Crippen LogP) is 2.96. The lowest BCUT2D eigenvalue weighted by atomic mass is 9.89. The van der Waals surface area contributed by atoms with Crippen LogP contribution in [0.15, 0.2) is 12.1 Å². The van der Waals surface area contributed by atoms with Gasteiger partial charge in [0.15, 0.2) is 17.5 Å². The summed E-state index contributed by atoms with van der Waals surface area (Å²) < 4.78 is 38.8. The molecule has 1 aliphatic rings. The molecule has 1 nitrogen and oxygen atoms in total. The minimum atomic E-state index is -1.39. The largest absolute Gasteiger partial charge is 0.314 e. The van der Waals surface area contributed by atoms with E-state index < -0.39 is 17.5 Å². The fourth-order valence-electron chi connectivity index (χ4n) is 2.09. The van der Waals surface area contributed by atoms with Crippen LogP contribution in [0.3, 0.4) is 0 Å². The summed E-state index contributed by atoms with van der Waals surface area (Å²) >= 11 is 0. The third kappa shape index (κ3) is 2.21. The minimum Gasteiger partial charge on any atom is -0.314 e. The van der Waals surface area contributed by atoms with Gasteiger partial charge in [0.2, 0.25) is 0 Å². The Bertz CT molecular complexity index is 361. The second-order valence-corrected chi connectivity index (χ2v) is 4.38. The molecule has 88 valence electrons. The summed E-state index contributed by atoms with van der Waals surface area (Å²) in [6.07, 6.45) is 1.84. The van der Waals surface area contributed by atoms with Crippen molar-refractivity contribution in [2.45, 2.75) is 31.7 Å². The van der Waals surface area contributed by atoms with Crippen LogP contribution < -0.4 is 5.32 Å². The maximum absolute atomic E-state index is 13.0. The Hall–Kier alpha value is -1.03. The first-order valence-electron chi connectivity index (χ1n) is 5.45. The molecule has 1 saturated heterocycles. The first-order chi connectivity index (χ1) is 7.58. The van der Waals surface area contributed by atoms with E-state index >= 15 is 0 Å². The Labute approximate surface area is 92.7 Å². The predicted molar refractivity (Wildman–Crippen MR) is 55.8 cm³/mol. The summed E-state index contributed by atoms with van der Waals surface area (Å²) in [5.74, 6) is -3.52. The second-order valence-electron chi connectivity index (χ2n) is 4.38. The number of hydrogen-bond acceptors (Lipinski definition) is 1. The van der Waals surface area contributed by atoms with E-state index in [9.17, 15) is 13.2 Å². The average molecular weight is 229 g/mol. The van der Waals surface area contributed by atoms with Crippen molar-refractivity contribution in [3.8, 4) is 0 Å². The van der Waals surface area contributed by atoms with Crippen molar-refractivity contribution >= 4 is 0 Å². The van der Waals surface area contributed by atoms with Gasteiger partial charge in [-0.3, -0.25) is 0 Å². The summed E-state index contributed by atoms with van der Waals surface area (Å²) in [4.78, 5) is 0. The minimum absolute atomic E-state index is 0.0702. The van der Waals surface area contributed by atoms with Crippen LogP contribution >= 0.6 is 0 Å². The zero-order valence-electron chi connectivity index (χ0n) is 9.06.